The van der Waals surface area contributed by atoms with Gasteiger partial charge >= 0.3 is 12.3 Å². The second-order valence-electron chi connectivity index (χ2n) is 7.40. The molecule has 1 aromatic rings. The van der Waals surface area contributed by atoms with Gasteiger partial charge in [-0.05, 0) is 45.7 Å². The Kier molecular flexibility index (Phi) is 5.32. The molecule has 2 heterocycles. The fourth-order valence-electron chi connectivity index (χ4n) is 2.70. The third-order valence-electron chi connectivity index (χ3n) is 4.00. The highest BCUT2D eigenvalue weighted by atomic mass is 19.4. The van der Waals surface area contributed by atoms with Crippen molar-refractivity contribution in [1.29, 1.82) is 0 Å². The van der Waals surface area contributed by atoms with E-state index in [2.05, 4.69) is 4.98 Å². The summed E-state index contributed by atoms with van der Waals surface area (Å²) in [7, 11) is 0. The molecule has 140 valence electrons. The fraction of sp³-hybridized carbons (Fsp3) is 0.647. The molecule has 5 nitrogen and oxygen atoms in total. The number of amides is 1. The average molecular weight is 360 g/mol. The molecule has 1 saturated heterocycles. The predicted octanol–water partition coefficient (Wildman–Crippen LogP) is 3.40. The van der Waals surface area contributed by atoms with E-state index in [1.807, 2.05) is 0 Å². The van der Waals surface area contributed by atoms with Gasteiger partial charge in [0.2, 0.25) is 0 Å². The van der Waals surface area contributed by atoms with Gasteiger partial charge in [0, 0.05) is 31.4 Å². The number of aromatic nitrogens is 1. The number of aliphatic hydroxyl groups is 1. The molecule has 1 amide bonds. The van der Waals surface area contributed by atoms with Crippen molar-refractivity contribution in [3.63, 3.8) is 0 Å². The summed E-state index contributed by atoms with van der Waals surface area (Å²) in [5.74, 6) is 0. The smallest absolute Gasteiger partial charge is 0.416 e. The number of alkyl halides is 3. The first kappa shape index (κ1) is 19.5. The van der Waals surface area contributed by atoms with Crippen LogP contribution in [0.15, 0.2) is 18.3 Å². The Morgan fingerprint density at radius 1 is 1.32 bits per heavy atom. The summed E-state index contributed by atoms with van der Waals surface area (Å²) in [6.45, 7) is 5.87. The second-order valence-corrected chi connectivity index (χ2v) is 7.40. The molecule has 1 aromatic heterocycles. The van der Waals surface area contributed by atoms with E-state index in [-0.39, 0.29) is 38.0 Å². The van der Waals surface area contributed by atoms with Crippen LogP contribution in [-0.2, 0) is 17.3 Å². The SMILES string of the molecule is CC(C)(C)OC(=O)N1CCC(O)(Cc2cc(C(F)(F)F)ccn2)CC1. The number of halogens is 3. The van der Waals surface area contributed by atoms with Gasteiger partial charge in [0.05, 0.1) is 11.2 Å². The molecule has 0 aromatic carbocycles. The van der Waals surface area contributed by atoms with Crippen LogP contribution in [0.25, 0.3) is 0 Å². The molecule has 1 aliphatic rings. The highest BCUT2D eigenvalue weighted by Gasteiger charge is 2.37. The Morgan fingerprint density at radius 3 is 2.44 bits per heavy atom. The first-order valence-corrected chi connectivity index (χ1v) is 8.10. The van der Waals surface area contributed by atoms with E-state index in [0.717, 1.165) is 18.3 Å². The Bertz CT molecular complexity index is 618. The zero-order valence-electron chi connectivity index (χ0n) is 14.6. The second kappa shape index (κ2) is 6.82. The van der Waals surface area contributed by atoms with Crippen molar-refractivity contribution in [3.05, 3.63) is 29.6 Å². The molecule has 0 bridgehead atoms. The van der Waals surface area contributed by atoms with Crippen LogP contribution in [0.3, 0.4) is 0 Å². The van der Waals surface area contributed by atoms with Gasteiger partial charge in [-0.3, -0.25) is 4.98 Å². The Labute approximate surface area is 144 Å². The topological polar surface area (TPSA) is 62.7 Å². The highest BCUT2D eigenvalue weighted by Crippen LogP contribution is 2.31. The minimum Gasteiger partial charge on any atom is -0.444 e. The Morgan fingerprint density at radius 2 is 1.92 bits per heavy atom. The van der Waals surface area contributed by atoms with Crippen molar-refractivity contribution in [2.24, 2.45) is 0 Å². The normalized spacial score (nSPS) is 18.1. The summed E-state index contributed by atoms with van der Waals surface area (Å²) < 4.78 is 43.6. The lowest BCUT2D eigenvalue weighted by Crippen LogP contribution is -2.49. The third kappa shape index (κ3) is 5.59. The van der Waals surface area contributed by atoms with E-state index in [9.17, 15) is 23.1 Å². The van der Waals surface area contributed by atoms with E-state index < -0.39 is 29.0 Å². The average Bonchev–Trinajstić information content (AvgIpc) is 2.45. The zero-order valence-corrected chi connectivity index (χ0v) is 14.6. The first-order chi connectivity index (χ1) is 11.4. The highest BCUT2D eigenvalue weighted by molar-refractivity contribution is 5.68. The van der Waals surface area contributed by atoms with Crippen LogP contribution in [0.1, 0.15) is 44.9 Å². The number of rotatable bonds is 2. The maximum absolute atomic E-state index is 12.8. The molecule has 0 saturated carbocycles. The zero-order chi connectivity index (χ0) is 18.9. The van der Waals surface area contributed by atoms with Crippen LogP contribution in [0.2, 0.25) is 0 Å². The van der Waals surface area contributed by atoms with Gasteiger partial charge in [-0.1, -0.05) is 0 Å². The van der Waals surface area contributed by atoms with Crippen LogP contribution >= 0.6 is 0 Å². The predicted molar refractivity (Wildman–Crippen MR) is 84.9 cm³/mol. The quantitative estimate of drug-likeness (QED) is 0.878. The lowest BCUT2D eigenvalue weighted by molar-refractivity contribution is -0.137. The molecule has 1 N–H and O–H groups in total. The fourth-order valence-corrected chi connectivity index (χ4v) is 2.70. The summed E-state index contributed by atoms with van der Waals surface area (Å²) >= 11 is 0. The largest absolute Gasteiger partial charge is 0.444 e. The summed E-state index contributed by atoms with van der Waals surface area (Å²) in [6.07, 6.45) is -3.28. The molecule has 0 aliphatic carbocycles. The summed E-state index contributed by atoms with van der Waals surface area (Å²) in [5, 5.41) is 10.7. The number of nitrogens with zero attached hydrogens (tertiary/aromatic N) is 2. The van der Waals surface area contributed by atoms with Crippen LogP contribution < -0.4 is 0 Å². The molecule has 2 rings (SSSR count). The Hall–Kier alpha value is -1.83. The molecule has 25 heavy (non-hydrogen) atoms. The minimum absolute atomic E-state index is 0.0130. The van der Waals surface area contributed by atoms with Crippen molar-refractivity contribution in [3.8, 4) is 0 Å². The van der Waals surface area contributed by atoms with Gasteiger partial charge in [0.1, 0.15) is 5.60 Å². The summed E-state index contributed by atoms with van der Waals surface area (Å²) in [5.41, 5.74) is -2.39. The van der Waals surface area contributed by atoms with Crippen molar-refractivity contribution in [1.82, 2.24) is 9.88 Å². The maximum atomic E-state index is 12.8. The summed E-state index contributed by atoms with van der Waals surface area (Å²) in [6, 6.07) is 1.86. The Balaban J connectivity index is 1.98. The molecule has 0 spiro atoms. The van der Waals surface area contributed by atoms with Gasteiger partial charge < -0.3 is 14.7 Å². The van der Waals surface area contributed by atoms with Crippen molar-refractivity contribution in [2.45, 2.75) is 57.4 Å². The minimum atomic E-state index is -4.44. The molecule has 0 atom stereocenters. The van der Waals surface area contributed by atoms with E-state index in [4.69, 9.17) is 4.74 Å². The van der Waals surface area contributed by atoms with Crippen molar-refractivity contribution < 1.29 is 27.8 Å². The van der Waals surface area contributed by atoms with E-state index in [1.54, 1.807) is 20.8 Å². The number of hydrogen-bond acceptors (Lipinski definition) is 4. The molecule has 1 fully saturated rings. The number of hydrogen-bond donors (Lipinski definition) is 1. The van der Waals surface area contributed by atoms with Gasteiger partial charge in [-0.2, -0.15) is 13.2 Å². The number of carbonyl (C=O) groups excluding carboxylic acids is 1. The lowest BCUT2D eigenvalue weighted by Gasteiger charge is -2.38. The van der Waals surface area contributed by atoms with Gasteiger partial charge in [0.15, 0.2) is 0 Å². The van der Waals surface area contributed by atoms with Crippen molar-refractivity contribution in [2.75, 3.05) is 13.1 Å². The number of likely N-dealkylation sites (tertiary alicyclic amines) is 1. The van der Waals surface area contributed by atoms with E-state index >= 15 is 0 Å². The molecule has 1 aliphatic heterocycles. The number of ether oxygens (including phenoxy) is 1. The van der Waals surface area contributed by atoms with Gasteiger partial charge in [-0.25, -0.2) is 4.79 Å². The molecular formula is C17H23F3N2O3. The lowest BCUT2D eigenvalue weighted by atomic mass is 9.86. The van der Waals surface area contributed by atoms with Gasteiger partial charge in [0.25, 0.3) is 0 Å². The molecular weight excluding hydrogens is 337 g/mol. The van der Waals surface area contributed by atoms with Crippen LogP contribution in [0, 0.1) is 0 Å². The number of carbonyl (C=O) groups is 1. The number of pyridine rings is 1. The van der Waals surface area contributed by atoms with Crippen LogP contribution in [-0.4, -0.2) is 45.4 Å². The standard InChI is InChI=1S/C17H23F3N2O3/c1-15(2,3)25-14(23)22-8-5-16(24,6-9-22)11-13-10-12(4-7-21-13)17(18,19)20/h4,7,10,24H,5-6,8-9,11H2,1-3H3. The monoisotopic (exact) mass is 360 g/mol. The number of piperidine rings is 1. The van der Waals surface area contributed by atoms with Gasteiger partial charge in [-0.15, -0.1) is 0 Å². The summed E-state index contributed by atoms with van der Waals surface area (Å²) in [4.78, 5) is 17.5. The van der Waals surface area contributed by atoms with E-state index in [0.29, 0.717) is 0 Å². The van der Waals surface area contributed by atoms with Crippen molar-refractivity contribution >= 4 is 6.09 Å². The maximum Gasteiger partial charge on any atom is 0.416 e. The van der Waals surface area contributed by atoms with Crippen LogP contribution in [0.5, 0.6) is 0 Å². The first-order valence-electron chi connectivity index (χ1n) is 8.10. The molecule has 8 heteroatoms. The van der Waals surface area contributed by atoms with E-state index in [1.165, 1.54) is 4.90 Å². The molecule has 0 radical (unpaired) electrons. The molecule has 0 unspecified atom stereocenters. The third-order valence-corrected chi connectivity index (χ3v) is 4.00. The van der Waals surface area contributed by atoms with Crippen LogP contribution in [0.4, 0.5) is 18.0 Å².